The number of anilines is 1. The van der Waals surface area contributed by atoms with Crippen LogP contribution in [0.1, 0.15) is 17.5 Å². The van der Waals surface area contributed by atoms with E-state index in [1.165, 1.54) is 7.11 Å². The summed E-state index contributed by atoms with van der Waals surface area (Å²) in [6.07, 6.45) is 0.918. The Morgan fingerprint density at radius 2 is 1.76 bits per heavy atom. The highest BCUT2D eigenvalue weighted by Gasteiger charge is 2.05. The second kappa shape index (κ2) is 9.08. The van der Waals surface area contributed by atoms with Gasteiger partial charge in [-0.25, -0.2) is 4.79 Å². The Morgan fingerprint density at radius 3 is 2.36 bits per heavy atom. The molecule has 0 fully saturated rings. The Bertz CT molecular complexity index is 762. The number of carbonyl (C=O) groups excluding carboxylic acids is 2. The Kier molecular flexibility index (Phi) is 6.55. The number of nitriles is 1. The van der Waals surface area contributed by atoms with Crippen LogP contribution in [-0.4, -0.2) is 25.6 Å². The first-order valence-electron chi connectivity index (χ1n) is 7.69. The van der Waals surface area contributed by atoms with Gasteiger partial charge in [-0.15, -0.1) is 0 Å². The lowest BCUT2D eigenvalue weighted by molar-refractivity contribution is -0.142. The maximum Gasteiger partial charge on any atom is 0.343 e. The van der Waals surface area contributed by atoms with Crippen LogP contribution in [0.3, 0.4) is 0 Å². The Labute approximate surface area is 146 Å². The van der Waals surface area contributed by atoms with Crippen LogP contribution < -0.4 is 10.1 Å². The van der Waals surface area contributed by atoms with Gasteiger partial charge in [-0.2, -0.15) is 5.26 Å². The van der Waals surface area contributed by atoms with E-state index in [0.717, 1.165) is 5.56 Å². The summed E-state index contributed by atoms with van der Waals surface area (Å²) in [4.78, 5) is 23.0. The maximum absolute atomic E-state index is 12.0. The second-order valence-electron chi connectivity index (χ2n) is 5.25. The monoisotopic (exact) mass is 338 g/mol. The molecule has 0 aromatic heterocycles. The highest BCUT2D eigenvalue weighted by Crippen LogP contribution is 2.14. The van der Waals surface area contributed by atoms with Gasteiger partial charge in [0, 0.05) is 12.1 Å². The number of nitrogens with one attached hydrogen (secondary N) is 1. The molecule has 0 saturated carbocycles. The Morgan fingerprint density at radius 1 is 1.08 bits per heavy atom. The van der Waals surface area contributed by atoms with Crippen molar-refractivity contribution in [3.05, 3.63) is 59.7 Å². The molecule has 2 rings (SSSR count). The van der Waals surface area contributed by atoms with Crippen molar-refractivity contribution in [3.63, 3.8) is 0 Å². The standard InChI is InChI=1S/C19H18N2O4/c1-24-19(23)13-25-17-9-4-14(5-10-17)6-11-18(22)21-16-7-2-15(12-20)3-8-16/h2-5,7-10H,6,11,13H2,1H3,(H,21,22). The minimum absolute atomic E-state index is 0.101. The number of ether oxygens (including phenoxy) is 2. The molecule has 0 radical (unpaired) electrons. The van der Waals surface area contributed by atoms with Crippen molar-refractivity contribution >= 4 is 17.6 Å². The second-order valence-corrected chi connectivity index (χ2v) is 5.25. The van der Waals surface area contributed by atoms with Crippen LogP contribution in [0.4, 0.5) is 5.69 Å². The minimum atomic E-state index is -0.441. The van der Waals surface area contributed by atoms with Gasteiger partial charge in [0.05, 0.1) is 18.7 Å². The number of aryl methyl sites for hydroxylation is 1. The fourth-order valence-corrected chi connectivity index (χ4v) is 2.06. The van der Waals surface area contributed by atoms with Crippen LogP contribution in [0.15, 0.2) is 48.5 Å². The molecule has 0 aliphatic heterocycles. The quantitative estimate of drug-likeness (QED) is 0.784. The lowest BCUT2D eigenvalue weighted by Gasteiger charge is -2.07. The van der Waals surface area contributed by atoms with Crippen LogP contribution in [-0.2, 0) is 20.7 Å². The molecular formula is C19H18N2O4. The van der Waals surface area contributed by atoms with Crippen molar-refractivity contribution in [1.82, 2.24) is 0 Å². The van der Waals surface area contributed by atoms with E-state index < -0.39 is 5.97 Å². The van der Waals surface area contributed by atoms with E-state index in [1.54, 1.807) is 36.4 Å². The van der Waals surface area contributed by atoms with E-state index in [0.29, 0.717) is 29.8 Å². The number of esters is 1. The number of rotatable bonds is 7. The van der Waals surface area contributed by atoms with Crippen LogP contribution in [0, 0.1) is 11.3 Å². The van der Waals surface area contributed by atoms with Crippen LogP contribution in [0.2, 0.25) is 0 Å². The topological polar surface area (TPSA) is 88.4 Å². The van der Waals surface area contributed by atoms with Gasteiger partial charge >= 0.3 is 5.97 Å². The first-order chi connectivity index (χ1) is 12.1. The van der Waals surface area contributed by atoms with Crippen molar-refractivity contribution < 1.29 is 19.1 Å². The largest absolute Gasteiger partial charge is 0.482 e. The summed E-state index contributed by atoms with van der Waals surface area (Å²) in [5, 5.41) is 11.5. The molecule has 6 heteroatoms. The minimum Gasteiger partial charge on any atom is -0.482 e. The van der Waals surface area contributed by atoms with Crippen molar-refractivity contribution in [2.24, 2.45) is 0 Å². The fraction of sp³-hybridized carbons (Fsp3) is 0.211. The average molecular weight is 338 g/mol. The number of hydrogen-bond donors (Lipinski definition) is 1. The van der Waals surface area contributed by atoms with E-state index >= 15 is 0 Å². The van der Waals surface area contributed by atoms with Gasteiger partial charge in [-0.3, -0.25) is 4.79 Å². The number of methoxy groups -OCH3 is 1. The molecule has 1 amide bonds. The van der Waals surface area contributed by atoms with Crippen molar-refractivity contribution in [2.75, 3.05) is 19.0 Å². The van der Waals surface area contributed by atoms with Crippen LogP contribution in [0.25, 0.3) is 0 Å². The summed E-state index contributed by atoms with van der Waals surface area (Å²) in [6.45, 7) is -0.136. The summed E-state index contributed by atoms with van der Waals surface area (Å²) in [5.74, 6) is 0.0236. The first-order valence-corrected chi connectivity index (χ1v) is 7.69. The number of amides is 1. The number of carbonyl (C=O) groups is 2. The summed E-state index contributed by atoms with van der Waals surface area (Å²) >= 11 is 0. The van der Waals surface area contributed by atoms with E-state index in [1.807, 2.05) is 18.2 Å². The molecular weight excluding hydrogens is 320 g/mol. The molecule has 2 aromatic carbocycles. The third-order valence-corrected chi connectivity index (χ3v) is 3.45. The summed E-state index contributed by atoms with van der Waals surface area (Å²) in [5.41, 5.74) is 2.20. The molecule has 0 saturated heterocycles. The zero-order valence-electron chi connectivity index (χ0n) is 13.8. The average Bonchev–Trinajstić information content (AvgIpc) is 2.65. The van der Waals surface area contributed by atoms with E-state index in [-0.39, 0.29) is 12.5 Å². The van der Waals surface area contributed by atoms with Gasteiger partial charge in [-0.1, -0.05) is 12.1 Å². The highest BCUT2D eigenvalue weighted by molar-refractivity contribution is 5.90. The molecule has 0 spiro atoms. The summed E-state index contributed by atoms with van der Waals surface area (Å²) in [7, 11) is 1.30. The smallest absolute Gasteiger partial charge is 0.343 e. The molecule has 0 unspecified atom stereocenters. The molecule has 0 heterocycles. The molecule has 0 atom stereocenters. The molecule has 25 heavy (non-hydrogen) atoms. The predicted molar refractivity (Wildman–Crippen MR) is 92.1 cm³/mol. The van der Waals surface area contributed by atoms with Gasteiger partial charge in [0.2, 0.25) is 5.91 Å². The lowest BCUT2D eigenvalue weighted by Crippen LogP contribution is -2.13. The van der Waals surface area contributed by atoms with Crippen molar-refractivity contribution in [3.8, 4) is 11.8 Å². The normalized spacial score (nSPS) is 9.76. The lowest BCUT2D eigenvalue weighted by atomic mass is 10.1. The Hall–Kier alpha value is -3.33. The van der Waals surface area contributed by atoms with Gasteiger partial charge in [0.25, 0.3) is 0 Å². The zero-order chi connectivity index (χ0) is 18.1. The predicted octanol–water partition coefficient (Wildman–Crippen LogP) is 2.68. The SMILES string of the molecule is COC(=O)COc1ccc(CCC(=O)Nc2ccc(C#N)cc2)cc1. The fourth-order valence-electron chi connectivity index (χ4n) is 2.06. The molecule has 128 valence electrons. The molecule has 0 aliphatic carbocycles. The first kappa shape index (κ1) is 18.0. The van der Waals surface area contributed by atoms with Gasteiger partial charge in [-0.05, 0) is 48.4 Å². The van der Waals surface area contributed by atoms with Gasteiger partial charge in [0.15, 0.2) is 6.61 Å². The molecule has 2 aromatic rings. The third kappa shape index (κ3) is 5.99. The van der Waals surface area contributed by atoms with Crippen molar-refractivity contribution in [1.29, 1.82) is 5.26 Å². The third-order valence-electron chi connectivity index (χ3n) is 3.45. The van der Waals surface area contributed by atoms with Gasteiger partial charge < -0.3 is 14.8 Å². The zero-order valence-corrected chi connectivity index (χ0v) is 13.8. The van der Waals surface area contributed by atoms with Gasteiger partial charge in [0.1, 0.15) is 5.75 Å². The number of nitrogens with zero attached hydrogens (tertiary/aromatic N) is 1. The molecule has 0 aliphatic rings. The van der Waals surface area contributed by atoms with E-state index in [9.17, 15) is 9.59 Å². The Balaban J connectivity index is 1.79. The van der Waals surface area contributed by atoms with Crippen LogP contribution in [0.5, 0.6) is 5.75 Å². The maximum atomic E-state index is 12.0. The number of benzene rings is 2. The molecule has 6 nitrogen and oxygen atoms in total. The van der Waals surface area contributed by atoms with Crippen LogP contribution >= 0.6 is 0 Å². The summed E-state index contributed by atoms with van der Waals surface area (Å²) in [6, 6.07) is 15.9. The summed E-state index contributed by atoms with van der Waals surface area (Å²) < 4.78 is 9.76. The van der Waals surface area contributed by atoms with E-state index in [2.05, 4.69) is 10.1 Å². The molecule has 1 N–H and O–H groups in total. The van der Waals surface area contributed by atoms with E-state index in [4.69, 9.17) is 10.00 Å². The highest BCUT2D eigenvalue weighted by atomic mass is 16.6. The number of hydrogen-bond acceptors (Lipinski definition) is 5. The van der Waals surface area contributed by atoms with Crippen molar-refractivity contribution in [2.45, 2.75) is 12.8 Å². The molecule has 0 bridgehead atoms.